The summed E-state index contributed by atoms with van der Waals surface area (Å²) in [6.45, 7) is 0. The molecule has 0 spiro atoms. The lowest BCUT2D eigenvalue weighted by molar-refractivity contribution is 0.0666. The minimum absolute atomic E-state index is 0.220. The molecule has 0 fully saturated rings. The molecule has 6 nitrogen and oxygen atoms in total. The monoisotopic (exact) mass is 266 g/mol. The quantitative estimate of drug-likeness (QED) is 0.654. The minimum atomic E-state index is -1.26. The van der Waals surface area contributed by atoms with Gasteiger partial charge in [0.05, 0.1) is 6.20 Å². The van der Waals surface area contributed by atoms with Gasteiger partial charge in [0.2, 0.25) is 0 Å². The second kappa shape index (κ2) is 4.89. The predicted molar refractivity (Wildman–Crippen MR) is 62.0 cm³/mol. The summed E-state index contributed by atoms with van der Waals surface area (Å²) in [4.78, 5) is 22.5. The second-order valence-electron chi connectivity index (χ2n) is 3.31. The summed E-state index contributed by atoms with van der Waals surface area (Å²) in [7, 11) is 0. The molecule has 0 aliphatic carbocycles. The highest BCUT2D eigenvalue weighted by Gasteiger charge is 2.20. The van der Waals surface area contributed by atoms with Crippen LogP contribution >= 0.6 is 11.6 Å². The van der Waals surface area contributed by atoms with Crippen molar-refractivity contribution in [1.82, 2.24) is 10.2 Å². The van der Waals surface area contributed by atoms with Crippen molar-refractivity contribution < 1.29 is 19.4 Å². The number of H-pyrrole nitrogens is 1. The maximum Gasteiger partial charge on any atom is 0.362 e. The van der Waals surface area contributed by atoms with Crippen molar-refractivity contribution in [1.29, 1.82) is 0 Å². The first-order valence-electron chi connectivity index (χ1n) is 4.82. The fourth-order valence-corrected chi connectivity index (χ4v) is 1.47. The standard InChI is InChI=1S/C11H7ClN2O4/c12-6-2-1-3-7(4-6)18-11(17)9-8(10(15)16)5-13-14-9/h1-5H,(H,13,14)(H,15,16). The van der Waals surface area contributed by atoms with Gasteiger partial charge in [0, 0.05) is 5.02 Å². The number of aromatic nitrogens is 2. The van der Waals surface area contributed by atoms with Crippen molar-refractivity contribution in [2.45, 2.75) is 0 Å². The zero-order valence-electron chi connectivity index (χ0n) is 8.88. The molecule has 0 aliphatic heterocycles. The Kier molecular flexibility index (Phi) is 3.29. The zero-order chi connectivity index (χ0) is 13.1. The van der Waals surface area contributed by atoms with Crippen molar-refractivity contribution in [2.24, 2.45) is 0 Å². The van der Waals surface area contributed by atoms with Gasteiger partial charge in [0.15, 0.2) is 5.69 Å². The third-order valence-electron chi connectivity index (χ3n) is 2.08. The highest BCUT2D eigenvalue weighted by Crippen LogP contribution is 2.18. The summed E-state index contributed by atoms with van der Waals surface area (Å²) < 4.78 is 4.97. The number of carbonyl (C=O) groups excluding carboxylic acids is 1. The van der Waals surface area contributed by atoms with Gasteiger partial charge in [-0.25, -0.2) is 9.59 Å². The van der Waals surface area contributed by atoms with Gasteiger partial charge in [-0.3, -0.25) is 5.10 Å². The van der Waals surface area contributed by atoms with Crippen molar-refractivity contribution >= 4 is 23.5 Å². The highest BCUT2D eigenvalue weighted by molar-refractivity contribution is 6.30. The number of halogens is 1. The number of carboxylic acid groups (broad SMARTS) is 1. The van der Waals surface area contributed by atoms with E-state index in [9.17, 15) is 9.59 Å². The molecule has 7 heteroatoms. The van der Waals surface area contributed by atoms with E-state index in [4.69, 9.17) is 21.4 Å². The Morgan fingerprint density at radius 3 is 2.83 bits per heavy atom. The summed E-state index contributed by atoms with van der Waals surface area (Å²) in [5.74, 6) is -1.88. The fourth-order valence-electron chi connectivity index (χ4n) is 1.29. The van der Waals surface area contributed by atoms with Crippen LogP contribution in [0.1, 0.15) is 20.8 Å². The predicted octanol–water partition coefficient (Wildman–Crippen LogP) is 1.98. The molecular formula is C11H7ClN2O4. The van der Waals surface area contributed by atoms with E-state index in [1.54, 1.807) is 12.1 Å². The van der Waals surface area contributed by atoms with E-state index in [0.717, 1.165) is 6.20 Å². The van der Waals surface area contributed by atoms with Crippen LogP contribution in [-0.4, -0.2) is 27.2 Å². The molecule has 0 saturated carbocycles. The van der Waals surface area contributed by atoms with Crippen LogP contribution in [-0.2, 0) is 0 Å². The first-order chi connectivity index (χ1) is 8.58. The number of benzene rings is 1. The molecule has 0 radical (unpaired) electrons. The Bertz CT molecular complexity index is 609. The van der Waals surface area contributed by atoms with Crippen molar-refractivity contribution in [3.63, 3.8) is 0 Å². The molecule has 2 aromatic rings. The number of hydrogen-bond acceptors (Lipinski definition) is 4. The number of aromatic carboxylic acids is 1. The van der Waals surface area contributed by atoms with Crippen LogP contribution in [0, 0.1) is 0 Å². The number of nitrogens with one attached hydrogen (secondary N) is 1. The summed E-state index contributed by atoms with van der Waals surface area (Å²) in [5, 5.41) is 15.0. The number of carbonyl (C=O) groups is 2. The van der Waals surface area contributed by atoms with E-state index < -0.39 is 11.9 Å². The number of carboxylic acids is 1. The SMILES string of the molecule is O=C(O)c1cn[nH]c1C(=O)Oc1cccc(Cl)c1. The lowest BCUT2D eigenvalue weighted by Gasteiger charge is -2.03. The number of nitrogens with zero attached hydrogens (tertiary/aromatic N) is 1. The molecule has 0 saturated heterocycles. The molecule has 2 N–H and O–H groups in total. The Morgan fingerprint density at radius 1 is 1.39 bits per heavy atom. The first-order valence-corrected chi connectivity index (χ1v) is 5.20. The van der Waals surface area contributed by atoms with Crippen molar-refractivity contribution in [2.75, 3.05) is 0 Å². The Labute approximate surface area is 106 Å². The van der Waals surface area contributed by atoms with Gasteiger partial charge < -0.3 is 9.84 Å². The van der Waals surface area contributed by atoms with Gasteiger partial charge in [-0.05, 0) is 18.2 Å². The third-order valence-corrected chi connectivity index (χ3v) is 2.32. The molecule has 0 amide bonds. The topological polar surface area (TPSA) is 92.3 Å². The molecule has 0 aliphatic rings. The maximum absolute atomic E-state index is 11.7. The van der Waals surface area contributed by atoms with Crippen LogP contribution in [0.5, 0.6) is 5.75 Å². The van der Waals surface area contributed by atoms with E-state index in [-0.39, 0.29) is 17.0 Å². The Hall–Kier alpha value is -2.34. The second-order valence-corrected chi connectivity index (χ2v) is 3.75. The number of aromatic amines is 1. The molecule has 1 heterocycles. The van der Waals surface area contributed by atoms with E-state index in [0.29, 0.717) is 5.02 Å². The molecule has 0 unspecified atom stereocenters. The van der Waals surface area contributed by atoms with Crippen LogP contribution in [0.25, 0.3) is 0 Å². The molecule has 0 atom stereocenters. The molecule has 1 aromatic heterocycles. The third kappa shape index (κ3) is 2.49. The summed E-state index contributed by atoms with van der Waals surface area (Å²) in [6, 6.07) is 6.20. The maximum atomic E-state index is 11.7. The van der Waals surface area contributed by atoms with E-state index in [1.807, 2.05) is 0 Å². The van der Waals surface area contributed by atoms with Gasteiger partial charge >= 0.3 is 11.9 Å². The van der Waals surface area contributed by atoms with E-state index >= 15 is 0 Å². The summed E-state index contributed by atoms with van der Waals surface area (Å²) in [5.41, 5.74) is -0.468. The lowest BCUT2D eigenvalue weighted by atomic mass is 10.2. The van der Waals surface area contributed by atoms with Crippen LogP contribution < -0.4 is 4.74 Å². The van der Waals surface area contributed by atoms with Gasteiger partial charge in [0.25, 0.3) is 0 Å². The fraction of sp³-hybridized carbons (Fsp3) is 0. The Balaban J connectivity index is 2.22. The number of esters is 1. The van der Waals surface area contributed by atoms with Gasteiger partial charge in [-0.1, -0.05) is 17.7 Å². The van der Waals surface area contributed by atoms with Gasteiger partial charge in [0.1, 0.15) is 11.3 Å². The normalized spacial score (nSPS) is 10.1. The van der Waals surface area contributed by atoms with Crippen LogP contribution in [0.4, 0.5) is 0 Å². The lowest BCUT2D eigenvalue weighted by Crippen LogP contribution is -2.13. The molecule has 2 rings (SSSR count). The van der Waals surface area contributed by atoms with E-state index in [1.165, 1.54) is 12.1 Å². The highest BCUT2D eigenvalue weighted by atomic mass is 35.5. The summed E-state index contributed by atoms with van der Waals surface area (Å²) in [6.07, 6.45) is 1.04. The van der Waals surface area contributed by atoms with Crippen LogP contribution in [0.15, 0.2) is 30.5 Å². The Morgan fingerprint density at radius 2 is 2.17 bits per heavy atom. The molecule has 92 valence electrons. The zero-order valence-corrected chi connectivity index (χ0v) is 9.64. The van der Waals surface area contributed by atoms with Gasteiger partial charge in [-0.2, -0.15) is 5.10 Å². The average Bonchev–Trinajstić information content (AvgIpc) is 2.77. The van der Waals surface area contributed by atoms with Crippen molar-refractivity contribution in [3.8, 4) is 5.75 Å². The van der Waals surface area contributed by atoms with Crippen LogP contribution in [0.3, 0.4) is 0 Å². The summed E-state index contributed by atoms with van der Waals surface area (Å²) >= 11 is 5.73. The van der Waals surface area contributed by atoms with E-state index in [2.05, 4.69) is 10.2 Å². The average molecular weight is 267 g/mol. The molecule has 18 heavy (non-hydrogen) atoms. The molecular weight excluding hydrogens is 260 g/mol. The van der Waals surface area contributed by atoms with Gasteiger partial charge in [-0.15, -0.1) is 0 Å². The number of ether oxygens (including phenoxy) is 1. The molecule has 1 aromatic carbocycles. The van der Waals surface area contributed by atoms with Crippen molar-refractivity contribution in [3.05, 3.63) is 46.7 Å². The number of rotatable bonds is 3. The minimum Gasteiger partial charge on any atom is -0.478 e. The smallest absolute Gasteiger partial charge is 0.362 e. The number of hydrogen-bond donors (Lipinski definition) is 2. The first kappa shape index (κ1) is 12.1. The largest absolute Gasteiger partial charge is 0.478 e. The molecule has 0 bridgehead atoms. The van der Waals surface area contributed by atoms with Crippen LogP contribution in [0.2, 0.25) is 5.02 Å².